The van der Waals surface area contributed by atoms with Crippen LogP contribution in [-0.4, -0.2) is 11.1 Å². The molecular formula is C13H21NO2. The number of aliphatic hydroxyl groups is 1. The summed E-state index contributed by atoms with van der Waals surface area (Å²) in [6.07, 6.45) is 5.29. The molecule has 1 atom stereocenters. The third-order valence-electron chi connectivity index (χ3n) is 3.25. The number of hydrogen-bond acceptors (Lipinski definition) is 3. The highest BCUT2D eigenvalue weighted by Crippen LogP contribution is 2.34. The lowest BCUT2D eigenvalue weighted by atomic mass is 10.1. The molecule has 90 valence electrons. The molecule has 1 saturated carbocycles. The van der Waals surface area contributed by atoms with Crippen LogP contribution in [0, 0.1) is 5.92 Å². The molecule has 1 aliphatic carbocycles. The lowest BCUT2D eigenvalue weighted by Crippen LogP contribution is -2.28. The lowest BCUT2D eigenvalue weighted by Gasteiger charge is -2.15. The van der Waals surface area contributed by atoms with Crippen LogP contribution in [0.2, 0.25) is 0 Å². The van der Waals surface area contributed by atoms with Crippen molar-refractivity contribution >= 4 is 0 Å². The van der Waals surface area contributed by atoms with Crippen molar-refractivity contribution < 1.29 is 9.52 Å². The van der Waals surface area contributed by atoms with Gasteiger partial charge in [-0.05, 0) is 30.9 Å². The molecule has 2 rings (SSSR count). The normalized spacial score (nSPS) is 17.6. The average Bonchev–Trinajstić information content (AvgIpc) is 3.00. The van der Waals surface area contributed by atoms with Crippen LogP contribution in [0.5, 0.6) is 0 Å². The average molecular weight is 223 g/mol. The van der Waals surface area contributed by atoms with Crippen LogP contribution in [-0.2, 0) is 13.2 Å². The van der Waals surface area contributed by atoms with Crippen molar-refractivity contribution in [1.29, 1.82) is 0 Å². The molecule has 1 aliphatic rings. The number of hydrogen-bond donors (Lipinski definition) is 2. The van der Waals surface area contributed by atoms with Crippen LogP contribution >= 0.6 is 0 Å². The van der Waals surface area contributed by atoms with E-state index in [-0.39, 0.29) is 6.61 Å². The van der Waals surface area contributed by atoms with Crippen molar-refractivity contribution in [3.8, 4) is 0 Å². The van der Waals surface area contributed by atoms with Gasteiger partial charge in [-0.3, -0.25) is 0 Å². The van der Waals surface area contributed by atoms with Gasteiger partial charge in [-0.25, -0.2) is 0 Å². The van der Waals surface area contributed by atoms with Crippen molar-refractivity contribution in [2.75, 3.05) is 0 Å². The fourth-order valence-corrected chi connectivity index (χ4v) is 2.00. The summed E-state index contributed by atoms with van der Waals surface area (Å²) in [6.45, 7) is 2.98. The van der Waals surface area contributed by atoms with E-state index in [0.29, 0.717) is 11.8 Å². The number of furan rings is 1. The second-order valence-electron chi connectivity index (χ2n) is 4.69. The maximum atomic E-state index is 8.89. The Kier molecular flexibility index (Phi) is 4.02. The fourth-order valence-electron chi connectivity index (χ4n) is 2.00. The van der Waals surface area contributed by atoms with E-state index in [1.807, 2.05) is 12.1 Å². The van der Waals surface area contributed by atoms with E-state index in [4.69, 9.17) is 9.52 Å². The molecule has 3 heteroatoms. The number of rotatable bonds is 7. The van der Waals surface area contributed by atoms with Crippen molar-refractivity contribution in [3.05, 3.63) is 23.7 Å². The predicted octanol–water partition coefficient (Wildman–Crippen LogP) is 2.44. The van der Waals surface area contributed by atoms with E-state index in [1.54, 1.807) is 0 Å². The summed E-state index contributed by atoms with van der Waals surface area (Å²) in [5, 5.41) is 12.4. The molecule has 0 radical (unpaired) electrons. The Bertz CT molecular complexity index is 317. The van der Waals surface area contributed by atoms with Gasteiger partial charge >= 0.3 is 0 Å². The molecule has 1 heterocycles. The van der Waals surface area contributed by atoms with Gasteiger partial charge in [-0.1, -0.05) is 19.8 Å². The molecule has 1 aromatic heterocycles. The largest absolute Gasteiger partial charge is 0.462 e. The molecule has 1 aromatic rings. The zero-order valence-electron chi connectivity index (χ0n) is 9.91. The monoisotopic (exact) mass is 223 g/mol. The molecule has 0 bridgehead atoms. The summed E-state index contributed by atoms with van der Waals surface area (Å²) >= 11 is 0. The summed E-state index contributed by atoms with van der Waals surface area (Å²) in [5.41, 5.74) is 0. The highest BCUT2D eigenvalue weighted by atomic mass is 16.4. The van der Waals surface area contributed by atoms with Crippen LogP contribution in [0.25, 0.3) is 0 Å². The van der Waals surface area contributed by atoms with Gasteiger partial charge in [-0.2, -0.15) is 0 Å². The second-order valence-corrected chi connectivity index (χ2v) is 4.69. The molecule has 16 heavy (non-hydrogen) atoms. The molecule has 0 aromatic carbocycles. The molecule has 2 N–H and O–H groups in total. The SMILES string of the molecule is CCC(CC1CC1)NCc1ccc(CO)o1. The Morgan fingerprint density at radius 2 is 2.19 bits per heavy atom. The molecule has 1 unspecified atom stereocenters. The summed E-state index contributed by atoms with van der Waals surface area (Å²) in [7, 11) is 0. The Balaban J connectivity index is 1.75. The fraction of sp³-hybridized carbons (Fsp3) is 0.692. The van der Waals surface area contributed by atoms with Crippen molar-refractivity contribution in [3.63, 3.8) is 0 Å². The minimum Gasteiger partial charge on any atom is -0.462 e. The van der Waals surface area contributed by atoms with Crippen LogP contribution in [0.4, 0.5) is 0 Å². The first kappa shape index (κ1) is 11.7. The van der Waals surface area contributed by atoms with Crippen molar-refractivity contribution in [2.24, 2.45) is 5.92 Å². The van der Waals surface area contributed by atoms with E-state index in [0.717, 1.165) is 18.2 Å². The smallest absolute Gasteiger partial charge is 0.129 e. The summed E-state index contributed by atoms with van der Waals surface area (Å²) in [5.74, 6) is 2.52. The van der Waals surface area contributed by atoms with Crippen molar-refractivity contribution in [2.45, 2.75) is 51.8 Å². The van der Waals surface area contributed by atoms with Gasteiger partial charge in [-0.15, -0.1) is 0 Å². The Morgan fingerprint density at radius 3 is 2.75 bits per heavy atom. The highest BCUT2D eigenvalue weighted by Gasteiger charge is 2.24. The van der Waals surface area contributed by atoms with Crippen LogP contribution in [0.15, 0.2) is 16.5 Å². The topological polar surface area (TPSA) is 45.4 Å². The minimum atomic E-state index is -0.0146. The van der Waals surface area contributed by atoms with Gasteiger partial charge in [0.25, 0.3) is 0 Å². The third-order valence-corrected chi connectivity index (χ3v) is 3.25. The first-order chi connectivity index (χ1) is 7.81. The van der Waals surface area contributed by atoms with Gasteiger partial charge < -0.3 is 14.8 Å². The lowest BCUT2D eigenvalue weighted by molar-refractivity contribution is 0.242. The molecule has 0 aliphatic heterocycles. The number of nitrogens with one attached hydrogen (secondary N) is 1. The predicted molar refractivity (Wildman–Crippen MR) is 62.9 cm³/mol. The van der Waals surface area contributed by atoms with Gasteiger partial charge in [0.15, 0.2) is 0 Å². The quantitative estimate of drug-likeness (QED) is 0.746. The number of aliphatic hydroxyl groups excluding tert-OH is 1. The second kappa shape index (κ2) is 5.51. The third kappa shape index (κ3) is 3.35. The minimum absolute atomic E-state index is 0.0146. The maximum Gasteiger partial charge on any atom is 0.129 e. The summed E-state index contributed by atoms with van der Waals surface area (Å²) in [6, 6.07) is 4.37. The highest BCUT2D eigenvalue weighted by molar-refractivity contribution is 5.06. The van der Waals surface area contributed by atoms with Gasteiger partial charge in [0.1, 0.15) is 18.1 Å². The summed E-state index contributed by atoms with van der Waals surface area (Å²) < 4.78 is 5.44. The van der Waals surface area contributed by atoms with Gasteiger partial charge in [0.2, 0.25) is 0 Å². The van der Waals surface area contributed by atoms with E-state index in [2.05, 4.69) is 12.2 Å². The van der Waals surface area contributed by atoms with Crippen LogP contribution < -0.4 is 5.32 Å². The standard InChI is InChI=1S/C13H21NO2/c1-2-11(7-10-3-4-10)14-8-12-5-6-13(9-15)16-12/h5-6,10-11,14-15H,2-4,7-9H2,1H3. The Morgan fingerprint density at radius 1 is 1.44 bits per heavy atom. The molecule has 0 amide bonds. The maximum absolute atomic E-state index is 8.89. The van der Waals surface area contributed by atoms with Gasteiger partial charge in [0, 0.05) is 6.04 Å². The molecule has 3 nitrogen and oxygen atoms in total. The van der Waals surface area contributed by atoms with Crippen molar-refractivity contribution in [1.82, 2.24) is 5.32 Å². The van der Waals surface area contributed by atoms with E-state index in [1.165, 1.54) is 25.7 Å². The Labute approximate surface area is 96.8 Å². The van der Waals surface area contributed by atoms with Gasteiger partial charge in [0.05, 0.1) is 6.54 Å². The van der Waals surface area contributed by atoms with E-state index >= 15 is 0 Å². The van der Waals surface area contributed by atoms with Crippen LogP contribution in [0.1, 0.15) is 44.1 Å². The summed E-state index contributed by atoms with van der Waals surface area (Å²) in [4.78, 5) is 0. The first-order valence-corrected chi connectivity index (χ1v) is 6.23. The zero-order valence-corrected chi connectivity index (χ0v) is 9.91. The molecular weight excluding hydrogens is 202 g/mol. The van der Waals surface area contributed by atoms with E-state index in [9.17, 15) is 0 Å². The van der Waals surface area contributed by atoms with Crippen LogP contribution in [0.3, 0.4) is 0 Å². The molecule has 0 spiro atoms. The molecule has 1 fully saturated rings. The zero-order chi connectivity index (χ0) is 11.4. The first-order valence-electron chi connectivity index (χ1n) is 6.23. The Hall–Kier alpha value is -0.800. The van der Waals surface area contributed by atoms with E-state index < -0.39 is 0 Å². The molecule has 0 saturated heterocycles.